The number of carbonyl (C=O) groups excluding carboxylic acids is 3. The van der Waals surface area contributed by atoms with Crippen LogP contribution in [0.3, 0.4) is 0 Å². The molecule has 0 fully saturated rings. The number of esters is 1. The Balaban J connectivity index is 1.91. The van der Waals surface area contributed by atoms with Gasteiger partial charge in [-0.05, 0) is 37.1 Å². The van der Waals surface area contributed by atoms with Gasteiger partial charge in [0.05, 0.1) is 29.2 Å². The molecule has 31 heavy (non-hydrogen) atoms. The molecule has 1 atom stereocenters. The molecule has 0 bridgehead atoms. The molecular formula is C23H21FN2O4S. The topological polar surface area (TPSA) is 84.5 Å². The molecule has 0 radical (unpaired) electrons. The van der Waals surface area contributed by atoms with Crippen LogP contribution in [0.25, 0.3) is 0 Å². The van der Waals surface area contributed by atoms with Crippen molar-refractivity contribution in [2.24, 2.45) is 0 Å². The number of hydrogen-bond acceptors (Lipinski definition) is 5. The Labute approximate surface area is 183 Å². The van der Waals surface area contributed by atoms with Gasteiger partial charge in [-0.2, -0.15) is 0 Å². The number of ether oxygens (including phenoxy) is 1. The molecule has 0 unspecified atom stereocenters. The lowest BCUT2D eigenvalue weighted by molar-refractivity contribution is 0.0601. The Kier molecular flexibility index (Phi) is 6.81. The SMILES string of the molecule is COC(=O)c1c(NC(=O)c2ccccc2F)sc(C(=O)N[C@H](C)c2ccccc2)c1C. The molecule has 2 amide bonds. The van der Waals surface area contributed by atoms with E-state index >= 15 is 0 Å². The second-order valence-corrected chi connectivity index (χ2v) is 7.81. The van der Waals surface area contributed by atoms with Crippen LogP contribution in [0.5, 0.6) is 0 Å². The molecule has 0 aliphatic carbocycles. The van der Waals surface area contributed by atoms with Crippen LogP contribution in [-0.2, 0) is 4.74 Å². The zero-order valence-electron chi connectivity index (χ0n) is 17.2. The molecule has 6 nitrogen and oxygen atoms in total. The standard InChI is InChI=1S/C23H21FN2O4S/c1-13-18(23(29)30-3)22(26-20(27)16-11-7-8-12-17(16)24)31-19(13)21(28)25-14(2)15-9-5-4-6-10-15/h4-12,14H,1-3H3,(H,25,28)(H,26,27)/t14-/m1/s1. The molecule has 0 saturated heterocycles. The van der Waals surface area contributed by atoms with Crippen molar-refractivity contribution in [3.05, 3.63) is 87.5 Å². The third kappa shape index (κ3) is 4.80. The maximum Gasteiger partial charge on any atom is 0.341 e. The lowest BCUT2D eigenvalue weighted by Crippen LogP contribution is -2.26. The van der Waals surface area contributed by atoms with Gasteiger partial charge in [0.1, 0.15) is 10.8 Å². The minimum absolute atomic E-state index is 0.0645. The summed E-state index contributed by atoms with van der Waals surface area (Å²) in [5.41, 5.74) is 1.19. The number of rotatable bonds is 6. The molecular weight excluding hydrogens is 419 g/mol. The van der Waals surface area contributed by atoms with Crippen molar-refractivity contribution in [2.45, 2.75) is 19.9 Å². The second kappa shape index (κ2) is 9.53. The number of carbonyl (C=O) groups is 3. The molecule has 3 aromatic rings. The minimum atomic E-state index is -0.728. The highest BCUT2D eigenvalue weighted by Gasteiger charge is 2.27. The fourth-order valence-corrected chi connectivity index (χ4v) is 4.16. The van der Waals surface area contributed by atoms with E-state index in [1.807, 2.05) is 37.3 Å². The van der Waals surface area contributed by atoms with E-state index in [0.717, 1.165) is 16.9 Å². The largest absolute Gasteiger partial charge is 0.465 e. The van der Waals surface area contributed by atoms with Crippen LogP contribution in [0.1, 0.15) is 54.5 Å². The van der Waals surface area contributed by atoms with Gasteiger partial charge >= 0.3 is 5.97 Å². The Morgan fingerprint density at radius 3 is 2.29 bits per heavy atom. The third-order valence-corrected chi connectivity index (χ3v) is 5.94. The smallest absolute Gasteiger partial charge is 0.341 e. The van der Waals surface area contributed by atoms with Crippen LogP contribution in [0.2, 0.25) is 0 Å². The van der Waals surface area contributed by atoms with Crippen LogP contribution in [0, 0.1) is 12.7 Å². The molecule has 2 aromatic carbocycles. The maximum absolute atomic E-state index is 14.0. The highest BCUT2D eigenvalue weighted by atomic mass is 32.1. The Morgan fingerprint density at radius 2 is 1.65 bits per heavy atom. The van der Waals surface area contributed by atoms with Crippen LogP contribution < -0.4 is 10.6 Å². The number of methoxy groups -OCH3 is 1. The summed E-state index contributed by atoms with van der Waals surface area (Å²) in [6, 6.07) is 14.7. The Hall–Kier alpha value is -3.52. The van der Waals surface area contributed by atoms with E-state index in [-0.39, 0.29) is 27.0 Å². The number of amides is 2. The van der Waals surface area contributed by atoms with Gasteiger partial charge in [0.2, 0.25) is 0 Å². The predicted octanol–water partition coefficient (Wildman–Crippen LogP) is 4.73. The van der Waals surface area contributed by atoms with Gasteiger partial charge in [0.25, 0.3) is 11.8 Å². The minimum Gasteiger partial charge on any atom is -0.465 e. The number of anilines is 1. The third-order valence-electron chi connectivity index (χ3n) is 4.74. The van der Waals surface area contributed by atoms with E-state index in [1.165, 1.54) is 31.4 Å². The quantitative estimate of drug-likeness (QED) is 0.543. The first-order valence-corrected chi connectivity index (χ1v) is 10.3. The summed E-state index contributed by atoms with van der Waals surface area (Å²) in [4.78, 5) is 38.1. The van der Waals surface area contributed by atoms with Crippen LogP contribution in [-0.4, -0.2) is 24.9 Å². The Morgan fingerprint density at radius 1 is 1.00 bits per heavy atom. The summed E-state index contributed by atoms with van der Waals surface area (Å²) in [7, 11) is 1.21. The van der Waals surface area contributed by atoms with Crippen molar-refractivity contribution in [3.8, 4) is 0 Å². The van der Waals surface area contributed by atoms with Gasteiger partial charge in [0.15, 0.2) is 0 Å². The van der Waals surface area contributed by atoms with Crippen LogP contribution in [0.4, 0.5) is 9.39 Å². The number of halogens is 1. The molecule has 3 rings (SSSR count). The summed E-state index contributed by atoms with van der Waals surface area (Å²) in [5.74, 6) is -2.51. The van der Waals surface area contributed by atoms with Crippen molar-refractivity contribution < 1.29 is 23.5 Å². The van der Waals surface area contributed by atoms with Crippen molar-refractivity contribution in [3.63, 3.8) is 0 Å². The fourth-order valence-electron chi connectivity index (χ4n) is 3.07. The normalized spacial score (nSPS) is 11.5. The number of thiophene rings is 1. The van der Waals surface area contributed by atoms with E-state index in [9.17, 15) is 18.8 Å². The van der Waals surface area contributed by atoms with Crippen LogP contribution >= 0.6 is 11.3 Å². The first-order valence-electron chi connectivity index (χ1n) is 9.46. The van der Waals surface area contributed by atoms with Gasteiger partial charge < -0.3 is 15.4 Å². The van der Waals surface area contributed by atoms with Crippen molar-refractivity contribution in [2.75, 3.05) is 12.4 Å². The number of benzene rings is 2. The van der Waals surface area contributed by atoms with Crippen molar-refractivity contribution in [1.29, 1.82) is 0 Å². The van der Waals surface area contributed by atoms with E-state index in [0.29, 0.717) is 5.56 Å². The fraction of sp³-hybridized carbons (Fsp3) is 0.174. The number of nitrogens with one attached hydrogen (secondary N) is 2. The Bertz CT molecular complexity index is 1130. The molecule has 1 heterocycles. The monoisotopic (exact) mass is 440 g/mol. The van der Waals surface area contributed by atoms with Crippen LogP contribution in [0.15, 0.2) is 54.6 Å². The highest BCUT2D eigenvalue weighted by Crippen LogP contribution is 2.34. The van der Waals surface area contributed by atoms with Gasteiger partial charge in [-0.25, -0.2) is 9.18 Å². The van der Waals surface area contributed by atoms with E-state index in [2.05, 4.69) is 10.6 Å². The molecule has 0 aliphatic rings. The first-order chi connectivity index (χ1) is 14.8. The molecule has 0 saturated carbocycles. The first kappa shape index (κ1) is 22.2. The lowest BCUT2D eigenvalue weighted by Gasteiger charge is -2.14. The average Bonchev–Trinajstić information content (AvgIpc) is 3.09. The molecule has 8 heteroatoms. The van der Waals surface area contributed by atoms with Gasteiger partial charge in [-0.3, -0.25) is 9.59 Å². The van der Waals surface area contributed by atoms with E-state index in [4.69, 9.17) is 4.74 Å². The van der Waals surface area contributed by atoms with Gasteiger partial charge in [0, 0.05) is 0 Å². The molecule has 160 valence electrons. The van der Waals surface area contributed by atoms with E-state index in [1.54, 1.807) is 6.92 Å². The van der Waals surface area contributed by atoms with Crippen molar-refractivity contribution in [1.82, 2.24) is 5.32 Å². The highest BCUT2D eigenvalue weighted by molar-refractivity contribution is 7.18. The maximum atomic E-state index is 14.0. The molecule has 0 aliphatic heterocycles. The molecule has 1 aromatic heterocycles. The summed E-state index contributed by atoms with van der Waals surface area (Å²) in [5, 5.41) is 5.55. The number of hydrogen-bond donors (Lipinski definition) is 2. The van der Waals surface area contributed by atoms with Crippen molar-refractivity contribution >= 4 is 34.1 Å². The second-order valence-electron chi connectivity index (χ2n) is 6.79. The molecule has 2 N–H and O–H groups in total. The van der Waals surface area contributed by atoms with Gasteiger partial charge in [-0.15, -0.1) is 11.3 Å². The summed E-state index contributed by atoms with van der Waals surface area (Å²) >= 11 is 0.937. The zero-order chi connectivity index (χ0) is 22.5. The lowest BCUT2D eigenvalue weighted by atomic mass is 10.1. The zero-order valence-corrected chi connectivity index (χ0v) is 18.0. The summed E-state index contributed by atoms with van der Waals surface area (Å²) < 4.78 is 18.8. The molecule has 0 spiro atoms. The summed E-state index contributed by atoms with van der Waals surface area (Å²) in [6.07, 6.45) is 0. The van der Waals surface area contributed by atoms with E-state index < -0.39 is 23.6 Å². The summed E-state index contributed by atoms with van der Waals surface area (Å²) in [6.45, 7) is 3.45. The average molecular weight is 440 g/mol. The van der Waals surface area contributed by atoms with Gasteiger partial charge in [-0.1, -0.05) is 42.5 Å². The predicted molar refractivity (Wildman–Crippen MR) is 117 cm³/mol.